The van der Waals surface area contributed by atoms with E-state index in [-0.39, 0.29) is 23.6 Å². The molecule has 6 nitrogen and oxygen atoms in total. The van der Waals surface area contributed by atoms with Crippen molar-refractivity contribution in [1.82, 2.24) is 19.8 Å². The van der Waals surface area contributed by atoms with E-state index in [2.05, 4.69) is 9.97 Å². The van der Waals surface area contributed by atoms with E-state index in [0.29, 0.717) is 13.1 Å². The second kappa shape index (κ2) is 7.78. The zero-order valence-electron chi connectivity index (χ0n) is 15.2. The van der Waals surface area contributed by atoms with Gasteiger partial charge in [0, 0.05) is 30.8 Å². The molecule has 0 unspecified atom stereocenters. The summed E-state index contributed by atoms with van der Waals surface area (Å²) < 4.78 is 13.7. The van der Waals surface area contributed by atoms with E-state index in [1.807, 2.05) is 30.0 Å². The van der Waals surface area contributed by atoms with Gasteiger partial charge in [-0.25, -0.2) is 14.4 Å². The summed E-state index contributed by atoms with van der Waals surface area (Å²) in [5.41, 5.74) is 8.09. The summed E-state index contributed by atoms with van der Waals surface area (Å²) in [5.74, 6) is 0.0427. The minimum atomic E-state index is -0.309. The molecule has 1 aliphatic rings. The van der Waals surface area contributed by atoms with E-state index in [0.717, 1.165) is 36.2 Å². The number of piperidine rings is 1. The van der Waals surface area contributed by atoms with Crippen molar-refractivity contribution in [2.45, 2.75) is 18.8 Å². The zero-order chi connectivity index (χ0) is 18.7. The van der Waals surface area contributed by atoms with E-state index in [4.69, 9.17) is 5.73 Å². The number of likely N-dealkylation sites (N-methyl/N-ethyl adjacent to an activating group) is 1. The molecule has 0 radical (unpaired) electrons. The van der Waals surface area contributed by atoms with Gasteiger partial charge in [-0.15, -0.1) is 0 Å². The Bertz CT molecular complexity index is 795. The van der Waals surface area contributed by atoms with Gasteiger partial charge in [0.1, 0.15) is 5.82 Å². The number of carbonyl (C=O) groups is 1. The van der Waals surface area contributed by atoms with Gasteiger partial charge in [-0.1, -0.05) is 12.1 Å². The predicted molar refractivity (Wildman–Crippen MR) is 98.9 cm³/mol. The molecule has 138 valence electrons. The van der Waals surface area contributed by atoms with E-state index < -0.39 is 0 Å². The van der Waals surface area contributed by atoms with Crippen LogP contribution in [-0.4, -0.2) is 59.4 Å². The molecule has 0 spiro atoms. The standard InChI is InChI=1S/C19H24FN5O/c1-24(2)12-17(26)25-8-4-6-14(11-25)18-16(10-22-19(21)23-18)13-5-3-7-15(20)9-13/h3,5,7,9-10,14H,4,6,8,11-12H2,1-2H3,(H2,21,22,23)/t14-/m1/s1. The largest absolute Gasteiger partial charge is 0.368 e. The molecule has 1 aromatic heterocycles. The van der Waals surface area contributed by atoms with Crippen molar-refractivity contribution in [2.75, 3.05) is 39.5 Å². The maximum absolute atomic E-state index is 13.7. The molecule has 1 saturated heterocycles. The summed E-state index contributed by atoms with van der Waals surface area (Å²) >= 11 is 0. The van der Waals surface area contributed by atoms with Crippen molar-refractivity contribution in [2.24, 2.45) is 0 Å². The first-order valence-corrected chi connectivity index (χ1v) is 8.75. The van der Waals surface area contributed by atoms with Crippen LogP contribution in [0, 0.1) is 5.82 Å². The molecule has 0 bridgehead atoms. The van der Waals surface area contributed by atoms with Crippen LogP contribution in [0.25, 0.3) is 11.1 Å². The molecule has 1 fully saturated rings. The van der Waals surface area contributed by atoms with Crippen molar-refractivity contribution in [1.29, 1.82) is 0 Å². The Morgan fingerprint density at radius 3 is 2.96 bits per heavy atom. The second-order valence-corrected chi connectivity index (χ2v) is 6.95. The van der Waals surface area contributed by atoms with Crippen molar-refractivity contribution in [3.05, 3.63) is 42.0 Å². The number of likely N-dealkylation sites (tertiary alicyclic amines) is 1. The maximum Gasteiger partial charge on any atom is 0.236 e. The van der Waals surface area contributed by atoms with E-state index in [9.17, 15) is 9.18 Å². The van der Waals surface area contributed by atoms with Crippen LogP contribution >= 0.6 is 0 Å². The number of anilines is 1. The molecule has 1 atom stereocenters. The quantitative estimate of drug-likeness (QED) is 0.907. The van der Waals surface area contributed by atoms with Gasteiger partial charge in [0.25, 0.3) is 0 Å². The fourth-order valence-corrected chi connectivity index (χ4v) is 3.40. The highest BCUT2D eigenvalue weighted by atomic mass is 19.1. The lowest BCUT2D eigenvalue weighted by Crippen LogP contribution is -2.43. The van der Waals surface area contributed by atoms with Crippen LogP contribution in [0.15, 0.2) is 30.5 Å². The van der Waals surface area contributed by atoms with Gasteiger partial charge in [-0.2, -0.15) is 0 Å². The Labute approximate surface area is 152 Å². The molecule has 3 rings (SSSR count). The minimum absolute atomic E-state index is 0.0541. The molecule has 7 heteroatoms. The van der Waals surface area contributed by atoms with Crippen LogP contribution in [0.3, 0.4) is 0 Å². The topological polar surface area (TPSA) is 75.4 Å². The van der Waals surface area contributed by atoms with Crippen LogP contribution in [0.1, 0.15) is 24.5 Å². The Morgan fingerprint density at radius 1 is 1.42 bits per heavy atom. The third-order valence-electron chi connectivity index (χ3n) is 4.58. The molecule has 1 amide bonds. The van der Waals surface area contributed by atoms with Gasteiger partial charge in [0.15, 0.2) is 0 Å². The fourth-order valence-electron chi connectivity index (χ4n) is 3.40. The molecule has 2 N–H and O–H groups in total. The molecular weight excluding hydrogens is 333 g/mol. The first-order chi connectivity index (χ1) is 12.4. The number of nitrogens with two attached hydrogens (primary N) is 1. The van der Waals surface area contributed by atoms with E-state index >= 15 is 0 Å². The number of hydrogen-bond acceptors (Lipinski definition) is 5. The number of hydrogen-bond donors (Lipinski definition) is 1. The summed E-state index contributed by atoms with van der Waals surface area (Å²) in [6.07, 6.45) is 3.45. The minimum Gasteiger partial charge on any atom is -0.368 e. The van der Waals surface area contributed by atoms with Gasteiger partial charge < -0.3 is 15.5 Å². The van der Waals surface area contributed by atoms with Crippen molar-refractivity contribution >= 4 is 11.9 Å². The van der Waals surface area contributed by atoms with E-state index in [1.54, 1.807) is 12.3 Å². The number of rotatable bonds is 4. The van der Waals surface area contributed by atoms with Crippen LogP contribution in [-0.2, 0) is 4.79 Å². The number of halogens is 1. The molecule has 1 aliphatic heterocycles. The molecule has 0 saturated carbocycles. The molecule has 2 aromatic rings. The third kappa shape index (κ3) is 4.16. The second-order valence-electron chi connectivity index (χ2n) is 6.95. The lowest BCUT2D eigenvalue weighted by Gasteiger charge is -2.34. The third-order valence-corrected chi connectivity index (χ3v) is 4.58. The summed E-state index contributed by atoms with van der Waals surface area (Å²) in [6, 6.07) is 6.37. The maximum atomic E-state index is 13.7. The van der Waals surface area contributed by atoms with Crippen molar-refractivity contribution in [3.63, 3.8) is 0 Å². The molecule has 0 aliphatic carbocycles. The van der Waals surface area contributed by atoms with Gasteiger partial charge in [0.05, 0.1) is 12.2 Å². The number of aromatic nitrogens is 2. The monoisotopic (exact) mass is 357 g/mol. The lowest BCUT2D eigenvalue weighted by molar-refractivity contribution is -0.133. The van der Waals surface area contributed by atoms with Gasteiger partial charge >= 0.3 is 0 Å². The number of amides is 1. The lowest BCUT2D eigenvalue weighted by atomic mass is 9.90. The first kappa shape index (κ1) is 18.3. The fraction of sp³-hybridized carbons (Fsp3) is 0.421. The summed E-state index contributed by atoms with van der Waals surface area (Å²) in [4.78, 5) is 24.7. The summed E-state index contributed by atoms with van der Waals surface area (Å²) in [6.45, 7) is 1.72. The van der Waals surface area contributed by atoms with Crippen molar-refractivity contribution in [3.8, 4) is 11.1 Å². The normalized spacial score (nSPS) is 17.5. The van der Waals surface area contributed by atoms with Gasteiger partial charge in [0.2, 0.25) is 11.9 Å². The molecular formula is C19H24FN5O. The van der Waals surface area contributed by atoms with Gasteiger partial charge in [-0.05, 0) is 44.6 Å². The number of nitrogen functional groups attached to an aromatic ring is 1. The van der Waals surface area contributed by atoms with Crippen LogP contribution in [0.4, 0.5) is 10.3 Å². The summed E-state index contributed by atoms with van der Waals surface area (Å²) in [5, 5.41) is 0. The van der Waals surface area contributed by atoms with Crippen LogP contribution in [0.5, 0.6) is 0 Å². The predicted octanol–water partition coefficient (Wildman–Crippen LogP) is 2.13. The van der Waals surface area contributed by atoms with Crippen molar-refractivity contribution < 1.29 is 9.18 Å². The highest BCUT2D eigenvalue weighted by molar-refractivity contribution is 5.78. The average molecular weight is 357 g/mol. The van der Waals surface area contributed by atoms with Gasteiger partial charge in [-0.3, -0.25) is 4.79 Å². The average Bonchev–Trinajstić information content (AvgIpc) is 2.61. The van der Waals surface area contributed by atoms with Crippen LogP contribution in [0.2, 0.25) is 0 Å². The van der Waals surface area contributed by atoms with Crippen LogP contribution < -0.4 is 5.73 Å². The number of benzene rings is 1. The molecule has 1 aromatic carbocycles. The highest BCUT2D eigenvalue weighted by Crippen LogP contribution is 2.33. The van der Waals surface area contributed by atoms with E-state index in [1.165, 1.54) is 12.1 Å². The Kier molecular flexibility index (Phi) is 5.46. The Hall–Kier alpha value is -2.54. The molecule has 26 heavy (non-hydrogen) atoms. The Balaban J connectivity index is 1.90. The highest BCUT2D eigenvalue weighted by Gasteiger charge is 2.28. The molecule has 2 heterocycles. The first-order valence-electron chi connectivity index (χ1n) is 8.75. The SMILES string of the molecule is CN(C)CC(=O)N1CCC[C@@H](c2nc(N)ncc2-c2cccc(F)c2)C1. The number of nitrogens with zero attached hydrogens (tertiary/aromatic N) is 4. The summed E-state index contributed by atoms with van der Waals surface area (Å²) in [7, 11) is 3.76. The number of carbonyl (C=O) groups excluding carboxylic acids is 1. The smallest absolute Gasteiger partial charge is 0.236 e. The zero-order valence-corrected chi connectivity index (χ0v) is 15.2. The Morgan fingerprint density at radius 2 is 2.23 bits per heavy atom.